The number of pyridine rings is 1. The zero-order valence-corrected chi connectivity index (χ0v) is 10.8. The van der Waals surface area contributed by atoms with E-state index in [0.717, 1.165) is 5.56 Å². The van der Waals surface area contributed by atoms with Gasteiger partial charge >= 0.3 is 0 Å². The molecule has 0 aromatic carbocycles. The number of aromatic nitrogens is 1. The van der Waals surface area contributed by atoms with Crippen molar-refractivity contribution < 1.29 is 0 Å². The fraction of sp³-hybridized carbons (Fsp3) is 0.571. The van der Waals surface area contributed by atoms with Crippen LogP contribution in [0.5, 0.6) is 0 Å². The molecule has 1 aromatic rings. The molecular weight excluding hydrogens is 224 g/mol. The topological polar surface area (TPSA) is 63.3 Å². The number of hydrogen-bond acceptors (Lipinski definition) is 2. The SMILES string of the molecule is NC(=NCc1cccnc1)NC1CCCCCC1. The van der Waals surface area contributed by atoms with E-state index in [0.29, 0.717) is 18.5 Å². The second-order valence-electron chi connectivity index (χ2n) is 4.90. The third-order valence-electron chi connectivity index (χ3n) is 3.36. The molecule has 4 heteroatoms. The highest BCUT2D eigenvalue weighted by Gasteiger charge is 2.11. The number of hydrogen-bond donors (Lipinski definition) is 2. The molecule has 1 aliphatic carbocycles. The van der Waals surface area contributed by atoms with Crippen LogP contribution in [0.1, 0.15) is 44.1 Å². The van der Waals surface area contributed by atoms with Crippen LogP contribution in [0.4, 0.5) is 0 Å². The van der Waals surface area contributed by atoms with Crippen LogP contribution in [-0.2, 0) is 6.54 Å². The number of aliphatic imine (C=N–C) groups is 1. The fourth-order valence-electron chi connectivity index (χ4n) is 2.35. The van der Waals surface area contributed by atoms with Crippen LogP contribution in [0.3, 0.4) is 0 Å². The van der Waals surface area contributed by atoms with E-state index >= 15 is 0 Å². The Labute approximate surface area is 109 Å². The van der Waals surface area contributed by atoms with E-state index in [4.69, 9.17) is 5.73 Å². The maximum Gasteiger partial charge on any atom is 0.189 e. The summed E-state index contributed by atoms with van der Waals surface area (Å²) in [5.41, 5.74) is 7.01. The van der Waals surface area contributed by atoms with Crippen LogP contribution in [0, 0.1) is 0 Å². The molecule has 1 heterocycles. The summed E-state index contributed by atoms with van der Waals surface area (Å²) < 4.78 is 0. The highest BCUT2D eigenvalue weighted by atomic mass is 15.1. The Hall–Kier alpha value is -1.58. The molecule has 1 saturated carbocycles. The second-order valence-corrected chi connectivity index (χ2v) is 4.90. The van der Waals surface area contributed by atoms with Crippen molar-refractivity contribution in [1.29, 1.82) is 0 Å². The molecule has 0 amide bonds. The van der Waals surface area contributed by atoms with Crippen molar-refractivity contribution in [2.45, 2.75) is 51.1 Å². The maximum atomic E-state index is 5.92. The summed E-state index contributed by atoms with van der Waals surface area (Å²) in [6.07, 6.45) is 11.3. The molecule has 18 heavy (non-hydrogen) atoms. The van der Waals surface area contributed by atoms with E-state index in [9.17, 15) is 0 Å². The zero-order chi connectivity index (χ0) is 12.6. The summed E-state index contributed by atoms with van der Waals surface area (Å²) in [7, 11) is 0. The normalized spacial score (nSPS) is 18.3. The Morgan fingerprint density at radius 1 is 1.33 bits per heavy atom. The molecule has 3 N–H and O–H groups in total. The van der Waals surface area contributed by atoms with Gasteiger partial charge in [0.25, 0.3) is 0 Å². The Balaban J connectivity index is 1.81. The third-order valence-corrected chi connectivity index (χ3v) is 3.36. The Morgan fingerprint density at radius 3 is 2.78 bits per heavy atom. The number of nitrogens with one attached hydrogen (secondary N) is 1. The first-order valence-electron chi connectivity index (χ1n) is 6.80. The smallest absolute Gasteiger partial charge is 0.189 e. The fourth-order valence-corrected chi connectivity index (χ4v) is 2.35. The van der Waals surface area contributed by atoms with Crippen molar-refractivity contribution in [2.75, 3.05) is 0 Å². The summed E-state index contributed by atoms with van der Waals surface area (Å²) in [5.74, 6) is 0.561. The summed E-state index contributed by atoms with van der Waals surface area (Å²) in [5, 5.41) is 3.34. The minimum Gasteiger partial charge on any atom is -0.370 e. The molecule has 0 spiro atoms. The van der Waals surface area contributed by atoms with Crippen LogP contribution in [0.15, 0.2) is 29.5 Å². The van der Waals surface area contributed by atoms with Crippen LogP contribution >= 0.6 is 0 Å². The van der Waals surface area contributed by atoms with Gasteiger partial charge in [0.15, 0.2) is 5.96 Å². The molecule has 0 bridgehead atoms. The predicted octanol–water partition coefficient (Wildman–Crippen LogP) is 2.21. The van der Waals surface area contributed by atoms with E-state index in [1.54, 1.807) is 6.20 Å². The molecule has 98 valence electrons. The number of nitrogens with two attached hydrogens (primary N) is 1. The predicted molar refractivity (Wildman–Crippen MR) is 74.2 cm³/mol. The molecule has 0 aliphatic heterocycles. The molecule has 1 fully saturated rings. The minimum atomic E-state index is 0.505. The third kappa shape index (κ3) is 4.35. The van der Waals surface area contributed by atoms with Gasteiger partial charge in [0.05, 0.1) is 6.54 Å². The van der Waals surface area contributed by atoms with Gasteiger partial charge in [0, 0.05) is 18.4 Å². The Kier molecular flexibility index (Phi) is 5.00. The number of rotatable bonds is 3. The molecule has 2 rings (SSSR count). The van der Waals surface area contributed by atoms with Gasteiger partial charge in [-0.15, -0.1) is 0 Å². The summed E-state index contributed by atoms with van der Waals surface area (Å²) in [4.78, 5) is 8.42. The maximum absolute atomic E-state index is 5.92. The van der Waals surface area contributed by atoms with Gasteiger partial charge < -0.3 is 11.1 Å². The van der Waals surface area contributed by atoms with Gasteiger partial charge in [0.2, 0.25) is 0 Å². The first-order valence-corrected chi connectivity index (χ1v) is 6.80. The van der Waals surface area contributed by atoms with Crippen molar-refractivity contribution >= 4 is 5.96 Å². The van der Waals surface area contributed by atoms with E-state index < -0.39 is 0 Å². The monoisotopic (exact) mass is 246 g/mol. The summed E-state index contributed by atoms with van der Waals surface area (Å²) in [6, 6.07) is 4.43. The molecular formula is C14H22N4. The average Bonchev–Trinajstić information content (AvgIpc) is 2.66. The van der Waals surface area contributed by atoms with Crippen molar-refractivity contribution in [3.05, 3.63) is 30.1 Å². The first-order chi connectivity index (χ1) is 8.84. The molecule has 0 unspecified atom stereocenters. The van der Waals surface area contributed by atoms with E-state index in [1.807, 2.05) is 18.3 Å². The van der Waals surface area contributed by atoms with Crippen LogP contribution in [0.2, 0.25) is 0 Å². The lowest BCUT2D eigenvalue weighted by molar-refractivity contribution is 0.530. The lowest BCUT2D eigenvalue weighted by Crippen LogP contribution is -2.39. The van der Waals surface area contributed by atoms with Crippen LogP contribution in [-0.4, -0.2) is 17.0 Å². The molecule has 0 radical (unpaired) electrons. The molecule has 4 nitrogen and oxygen atoms in total. The van der Waals surface area contributed by atoms with Gasteiger partial charge in [-0.25, -0.2) is 4.99 Å². The van der Waals surface area contributed by atoms with Crippen molar-refractivity contribution in [2.24, 2.45) is 10.7 Å². The van der Waals surface area contributed by atoms with Gasteiger partial charge in [-0.3, -0.25) is 4.98 Å². The van der Waals surface area contributed by atoms with Crippen molar-refractivity contribution in [3.8, 4) is 0 Å². The van der Waals surface area contributed by atoms with Crippen LogP contribution < -0.4 is 11.1 Å². The highest BCUT2D eigenvalue weighted by Crippen LogP contribution is 2.16. The Morgan fingerprint density at radius 2 is 2.11 bits per heavy atom. The summed E-state index contributed by atoms with van der Waals surface area (Å²) in [6.45, 7) is 0.597. The molecule has 0 saturated heterocycles. The van der Waals surface area contributed by atoms with Crippen molar-refractivity contribution in [3.63, 3.8) is 0 Å². The van der Waals surface area contributed by atoms with Gasteiger partial charge in [-0.1, -0.05) is 31.7 Å². The molecule has 1 aromatic heterocycles. The van der Waals surface area contributed by atoms with E-state index in [-0.39, 0.29) is 0 Å². The summed E-state index contributed by atoms with van der Waals surface area (Å²) >= 11 is 0. The average molecular weight is 246 g/mol. The standard InChI is InChI=1S/C14H22N4/c15-14(17-11-12-6-5-9-16-10-12)18-13-7-3-1-2-4-8-13/h5-6,9-10,13H,1-4,7-8,11H2,(H3,15,17,18). The van der Waals surface area contributed by atoms with Gasteiger partial charge in [-0.2, -0.15) is 0 Å². The van der Waals surface area contributed by atoms with Gasteiger partial charge in [0.1, 0.15) is 0 Å². The highest BCUT2D eigenvalue weighted by molar-refractivity contribution is 5.78. The van der Waals surface area contributed by atoms with Crippen LogP contribution in [0.25, 0.3) is 0 Å². The lowest BCUT2D eigenvalue weighted by Gasteiger charge is -2.16. The minimum absolute atomic E-state index is 0.505. The molecule has 1 aliphatic rings. The quantitative estimate of drug-likeness (QED) is 0.488. The number of nitrogens with zero attached hydrogens (tertiary/aromatic N) is 2. The second kappa shape index (κ2) is 6.99. The lowest BCUT2D eigenvalue weighted by atomic mass is 10.1. The first kappa shape index (κ1) is 12.9. The van der Waals surface area contributed by atoms with Gasteiger partial charge in [-0.05, 0) is 24.5 Å². The zero-order valence-electron chi connectivity index (χ0n) is 10.8. The number of guanidine groups is 1. The largest absolute Gasteiger partial charge is 0.370 e. The van der Waals surface area contributed by atoms with Crippen molar-refractivity contribution in [1.82, 2.24) is 10.3 Å². The molecule has 0 atom stereocenters. The van der Waals surface area contributed by atoms with E-state index in [1.165, 1.54) is 38.5 Å². The van der Waals surface area contributed by atoms with E-state index in [2.05, 4.69) is 15.3 Å². The Bertz CT molecular complexity index is 367.